The third kappa shape index (κ3) is 5.11. The van der Waals surface area contributed by atoms with E-state index in [1.165, 1.54) is 6.21 Å². The summed E-state index contributed by atoms with van der Waals surface area (Å²) in [5.74, 6) is -0.234. The highest BCUT2D eigenvalue weighted by Crippen LogP contribution is 2.20. The zero-order chi connectivity index (χ0) is 16.7. The van der Waals surface area contributed by atoms with Crippen molar-refractivity contribution in [2.24, 2.45) is 5.16 Å². The Morgan fingerprint density at radius 1 is 1.26 bits per heavy atom. The van der Waals surface area contributed by atoms with E-state index in [0.29, 0.717) is 5.02 Å². The fourth-order valence-corrected chi connectivity index (χ4v) is 2.25. The lowest BCUT2D eigenvalue weighted by Crippen LogP contribution is -2.18. The average Bonchev–Trinajstić information content (AvgIpc) is 2.55. The Labute approximate surface area is 141 Å². The van der Waals surface area contributed by atoms with E-state index in [2.05, 4.69) is 17.4 Å². The molecule has 0 aliphatic carbocycles. The van der Waals surface area contributed by atoms with E-state index in [1.807, 2.05) is 37.3 Å². The number of carbonyl (C=O) groups is 1. The average molecular weight is 331 g/mol. The van der Waals surface area contributed by atoms with E-state index in [4.69, 9.17) is 16.4 Å². The number of carbonyl (C=O) groups excluding carboxylic acids is 1. The molecule has 1 amide bonds. The van der Waals surface area contributed by atoms with E-state index >= 15 is 0 Å². The minimum absolute atomic E-state index is 0.137. The summed E-state index contributed by atoms with van der Waals surface area (Å²) in [5, 5.41) is 7.33. The molecule has 4 nitrogen and oxygen atoms in total. The highest BCUT2D eigenvalue weighted by molar-refractivity contribution is 6.30. The summed E-state index contributed by atoms with van der Waals surface area (Å²) in [7, 11) is 0. The fourth-order valence-electron chi connectivity index (χ4n) is 2.12. The van der Waals surface area contributed by atoms with Gasteiger partial charge in [0.15, 0.2) is 6.61 Å². The van der Waals surface area contributed by atoms with Crippen molar-refractivity contribution in [2.75, 3.05) is 11.9 Å². The Morgan fingerprint density at radius 3 is 2.70 bits per heavy atom. The van der Waals surface area contributed by atoms with Gasteiger partial charge in [0.05, 0.1) is 6.21 Å². The first-order chi connectivity index (χ1) is 11.1. The summed E-state index contributed by atoms with van der Waals surface area (Å²) < 4.78 is 0. The summed E-state index contributed by atoms with van der Waals surface area (Å²) in [4.78, 5) is 17.0. The summed E-state index contributed by atoms with van der Waals surface area (Å²) in [6.07, 6.45) is 2.39. The fraction of sp³-hybridized carbons (Fsp3) is 0.222. The number of halogens is 1. The van der Waals surface area contributed by atoms with Crippen LogP contribution in [-0.4, -0.2) is 18.7 Å². The lowest BCUT2D eigenvalue weighted by Gasteiger charge is -2.12. The molecule has 0 bridgehead atoms. The summed E-state index contributed by atoms with van der Waals surface area (Å²) in [6, 6.07) is 13.1. The van der Waals surface area contributed by atoms with Gasteiger partial charge in [-0.2, -0.15) is 0 Å². The number of rotatable bonds is 6. The maximum atomic E-state index is 12.0. The Hall–Kier alpha value is -2.33. The number of oxime groups is 1. The van der Waals surface area contributed by atoms with E-state index in [-0.39, 0.29) is 12.5 Å². The number of benzene rings is 2. The molecule has 0 spiro atoms. The Kier molecular flexibility index (Phi) is 6.18. The van der Waals surface area contributed by atoms with E-state index in [9.17, 15) is 4.79 Å². The van der Waals surface area contributed by atoms with Crippen LogP contribution in [0.3, 0.4) is 0 Å². The second kappa shape index (κ2) is 8.34. The van der Waals surface area contributed by atoms with Gasteiger partial charge in [-0.05, 0) is 42.2 Å². The lowest BCUT2D eigenvalue weighted by molar-refractivity contribution is -0.120. The van der Waals surface area contributed by atoms with Gasteiger partial charge in [-0.15, -0.1) is 0 Å². The van der Waals surface area contributed by atoms with Crippen molar-refractivity contribution in [1.82, 2.24) is 0 Å². The monoisotopic (exact) mass is 330 g/mol. The topological polar surface area (TPSA) is 50.7 Å². The van der Waals surface area contributed by atoms with Gasteiger partial charge in [-0.25, -0.2) is 0 Å². The summed E-state index contributed by atoms with van der Waals surface area (Å²) >= 11 is 5.80. The van der Waals surface area contributed by atoms with Crippen molar-refractivity contribution in [3.63, 3.8) is 0 Å². The van der Waals surface area contributed by atoms with Crippen molar-refractivity contribution >= 4 is 29.4 Å². The highest BCUT2D eigenvalue weighted by Gasteiger charge is 2.08. The van der Waals surface area contributed by atoms with Gasteiger partial charge in [0, 0.05) is 10.7 Å². The van der Waals surface area contributed by atoms with Crippen LogP contribution >= 0.6 is 11.6 Å². The molecule has 0 atom stereocenters. The molecule has 23 heavy (non-hydrogen) atoms. The van der Waals surface area contributed by atoms with Gasteiger partial charge >= 0.3 is 0 Å². The largest absolute Gasteiger partial charge is 0.386 e. The molecule has 5 heteroatoms. The Morgan fingerprint density at radius 2 is 2.00 bits per heavy atom. The molecule has 0 unspecified atom stereocenters. The van der Waals surface area contributed by atoms with Crippen LogP contribution in [0.25, 0.3) is 0 Å². The molecule has 0 saturated carbocycles. The third-order valence-electron chi connectivity index (χ3n) is 3.35. The van der Waals surface area contributed by atoms with E-state index in [1.54, 1.807) is 12.1 Å². The van der Waals surface area contributed by atoms with E-state index in [0.717, 1.165) is 28.8 Å². The van der Waals surface area contributed by atoms with Gasteiger partial charge < -0.3 is 10.2 Å². The molecule has 0 aliphatic heterocycles. The van der Waals surface area contributed by atoms with Crippen LogP contribution in [0.1, 0.15) is 23.6 Å². The minimum Gasteiger partial charge on any atom is -0.386 e. The molecule has 0 aromatic heterocycles. The molecular formula is C18H19ClN2O2. The van der Waals surface area contributed by atoms with Crippen molar-refractivity contribution in [3.05, 3.63) is 64.2 Å². The molecule has 0 aliphatic rings. The second-order valence-corrected chi connectivity index (χ2v) is 5.51. The molecule has 2 aromatic rings. The van der Waals surface area contributed by atoms with Crippen LogP contribution in [0, 0.1) is 6.92 Å². The van der Waals surface area contributed by atoms with E-state index < -0.39 is 0 Å². The lowest BCUT2D eigenvalue weighted by atomic mass is 10.1. The predicted octanol–water partition coefficient (Wildman–Crippen LogP) is 4.20. The highest BCUT2D eigenvalue weighted by atomic mass is 35.5. The maximum Gasteiger partial charge on any atom is 0.265 e. The number of nitrogens with one attached hydrogen (secondary N) is 1. The molecule has 0 saturated heterocycles. The normalized spacial score (nSPS) is 10.7. The first-order valence-corrected chi connectivity index (χ1v) is 7.77. The number of hydrogen-bond donors (Lipinski definition) is 1. The van der Waals surface area contributed by atoms with Crippen molar-refractivity contribution in [1.29, 1.82) is 0 Å². The quantitative estimate of drug-likeness (QED) is 0.637. The molecule has 0 fully saturated rings. The summed E-state index contributed by atoms with van der Waals surface area (Å²) in [6.45, 7) is 3.88. The minimum atomic E-state index is -0.234. The zero-order valence-electron chi connectivity index (χ0n) is 13.2. The van der Waals surface area contributed by atoms with Gasteiger partial charge in [0.2, 0.25) is 0 Å². The molecule has 2 rings (SSSR count). The number of nitrogens with zero attached hydrogens (tertiary/aromatic N) is 1. The molecule has 120 valence electrons. The Balaban J connectivity index is 1.87. The standard InChI is InChI=1S/C18H19ClN2O2/c1-3-15-6-4-5-13(2)18(15)21-17(22)12-23-20-11-14-7-9-16(19)10-8-14/h4-11H,3,12H2,1-2H3,(H,21,22)/b20-11+. The predicted molar refractivity (Wildman–Crippen MR) is 94.2 cm³/mol. The number of hydrogen-bond acceptors (Lipinski definition) is 3. The molecular weight excluding hydrogens is 312 g/mol. The smallest absolute Gasteiger partial charge is 0.265 e. The van der Waals surface area contributed by atoms with Gasteiger partial charge in [0.25, 0.3) is 5.91 Å². The van der Waals surface area contributed by atoms with Gasteiger partial charge in [0.1, 0.15) is 0 Å². The number of para-hydroxylation sites is 1. The first kappa shape index (κ1) is 17.0. The molecule has 2 aromatic carbocycles. The van der Waals surface area contributed by atoms with Crippen LogP contribution in [0.15, 0.2) is 47.6 Å². The van der Waals surface area contributed by atoms with Crippen LogP contribution in [0.2, 0.25) is 5.02 Å². The van der Waals surface area contributed by atoms with Crippen LogP contribution in [0.5, 0.6) is 0 Å². The molecule has 1 N–H and O–H groups in total. The second-order valence-electron chi connectivity index (χ2n) is 5.07. The van der Waals surface area contributed by atoms with Crippen molar-refractivity contribution in [2.45, 2.75) is 20.3 Å². The Bertz CT molecular complexity index is 697. The maximum absolute atomic E-state index is 12.0. The van der Waals surface area contributed by atoms with Gasteiger partial charge in [-0.1, -0.05) is 54.0 Å². The van der Waals surface area contributed by atoms with Crippen LogP contribution in [0.4, 0.5) is 5.69 Å². The summed E-state index contributed by atoms with van der Waals surface area (Å²) in [5.41, 5.74) is 3.83. The third-order valence-corrected chi connectivity index (χ3v) is 3.60. The van der Waals surface area contributed by atoms with Crippen molar-refractivity contribution in [3.8, 4) is 0 Å². The number of aryl methyl sites for hydroxylation is 2. The molecule has 0 radical (unpaired) electrons. The van der Waals surface area contributed by atoms with Crippen LogP contribution in [-0.2, 0) is 16.1 Å². The van der Waals surface area contributed by atoms with Gasteiger partial charge in [-0.3, -0.25) is 4.79 Å². The first-order valence-electron chi connectivity index (χ1n) is 7.39. The zero-order valence-corrected chi connectivity index (χ0v) is 13.9. The SMILES string of the molecule is CCc1cccc(C)c1NC(=O)CO/N=C/c1ccc(Cl)cc1. The number of amides is 1. The van der Waals surface area contributed by atoms with Crippen molar-refractivity contribution < 1.29 is 9.63 Å². The number of anilines is 1. The van der Waals surface area contributed by atoms with Crippen LogP contribution < -0.4 is 5.32 Å². The molecule has 0 heterocycles.